The number of likely N-dealkylation sites (tertiary alicyclic amines) is 1. The van der Waals surface area contributed by atoms with E-state index in [1.807, 2.05) is 0 Å². The first-order chi connectivity index (χ1) is 32.9. The largest absolute Gasteiger partial charge is 0.481 e. The summed E-state index contributed by atoms with van der Waals surface area (Å²) in [7, 11) is 0. The van der Waals surface area contributed by atoms with E-state index < -0.39 is 175 Å². The predicted octanol–water partition coefficient (Wildman–Crippen LogP) is -7.12. The molecule has 0 bridgehead atoms. The van der Waals surface area contributed by atoms with Crippen molar-refractivity contribution in [1.29, 1.82) is 0 Å². The molecule has 29 nitrogen and oxygen atoms in total. The van der Waals surface area contributed by atoms with E-state index in [1.54, 1.807) is 13.8 Å². The van der Waals surface area contributed by atoms with Crippen LogP contribution in [0, 0.1) is 5.92 Å². The number of nitrogens with two attached hydrogens (primary N) is 1. The van der Waals surface area contributed by atoms with E-state index in [0.29, 0.717) is 6.42 Å². The molecule has 71 heavy (non-hydrogen) atoms. The standard InChI is InChI=1S/C42H70N12O17/c1-17(2)30(43)40(68)49-22(7)35(63)51-25(12-13-29(58)59)37(65)53-31(24(9)56)41(69)54-14-10-11-27(54)39(67)44-15-28(57)45-18(3)32(60)47-21(6)36(64)52-26(16-55)38(66)48-20(5)33(61)46-19(4)34(62)50-23(8)42(70)71/h17-27,30-31,55-56H,10-16,43H2,1-9H3,(H,44,67)(H,45,57)(H,46,61)(H,47,60)(H,48,66)(H,49,68)(H,50,62)(H,51,63)(H,52,64)(H,53,65)(H,58,59)(H,70,71)/t18-,19-,20-,21-,22-,23-,24+,25-,26-,27-,30-,31-/m0/s1. The van der Waals surface area contributed by atoms with E-state index in [0.717, 1.165) is 4.90 Å². The van der Waals surface area contributed by atoms with Crippen molar-refractivity contribution >= 4 is 76.9 Å². The fraction of sp³-hybridized carbons (Fsp3) is 0.690. The number of carboxylic acids is 2. The SMILES string of the molecule is CC(C)[C@H](N)C(=O)N[C@@H](C)C(=O)N[C@@H](CCC(=O)O)C(=O)N[C@H](C(=O)N1CCC[C@H]1C(=O)NCC(=O)N[C@@H](C)C(=O)N[C@@H](C)C(=O)N[C@@H](CO)C(=O)N[C@@H](C)C(=O)N[C@@H](C)C(=O)N[C@@H](C)C(=O)O)[C@@H](C)O. The molecule has 0 aromatic heterocycles. The van der Waals surface area contributed by atoms with Gasteiger partial charge in [0, 0.05) is 13.0 Å². The zero-order chi connectivity index (χ0) is 54.6. The molecule has 1 heterocycles. The molecule has 12 atom stereocenters. The van der Waals surface area contributed by atoms with Crippen LogP contribution in [-0.4, -0.2) is 195 Å². The van der Waals surface area contributed by atoms with Gasteiger partial charge in [-0.2, -0.15) is 0 Å². The predicted molar refractivity (Wildman–Crippen MR) is 245 cm³/mol. The van der Waals surface area contributed by atoms with Crippen LogP contribution >= 0.6 is 0 Å². The third kappa shape index (κ3) is 20.5. The van der Waals surface area contributed by atoms with Gasteiger partial charge in [0.2, 0.25) is 65.0 Å². The summed E-state index contributed by atoms with van der Waals surface area (Å²) in [6, 6.07) is -14.6. The molecule has 29 heteroatoms. The van der Waals surface area contributed by atoms with Gasteiger partial charge in [0.25, 0.3) is 0 Å². The number of carboxylic acid groups (broad SMARTS) is 2. The fourth-order valence-electron chi connectivity index (χ4n) is 6.36. The van der Waals surface area contributed by atoms with Crippen LogP contribution in [0.15, 0.2) is 0 Å². The minimum Gasteiger partial charge on any atom is -0.481 e. The molecule has 0 aromatic rings. The van der Waals surface area contributed by atoms with Gasteiger partial charge in [-0.15, -0.1) is 0 Å². The second-order valence-corrected chi connectivity index (χ2v) is 17.4. The molecule has 0 spiro atoms. The molecular formula is C42H70N12O17. The molecule has 0 aliphatic carbocycles. The Labute approximate surface area is 409 Å². The van der Waals surface area contributed by atoms with Gasteiger partial charge < -0.3 is 84.2 Å². The lowest BCUT2D eigenvalue weighted by molar-refractivity contribution is -0.144. The highest BCUT2D eigenvalue weighted by atomic mass is 16.4. The molecule has 0 saturated carbocycles. The average molecular weight is 1020 g/mol. The van der Waals surface area contributed by atoms with Crippen LogP contribution in [0.3, 0.4) is 0 Å². The zero-order valence-corrected chi connectivity index (χ0v) is 41.1. The van der Waals surface area contributed by atoms with Crippen LogP contribution in [0.4, 0.5) is 0 Å². The second-order valence-electron chi connectivity index (χ2n) is 17.4. The summed E-state index contributed by atoms with van der Waals surface area (Å²) in [5.74, 6) is -12.7. The molecule has 0 aromatic carbocycles. The summed E-state index contributed by atoms with van der Waals surface area (Å²) in [6.45, 7) is 10.4. The molecule has 0 radical (unpaired) electrons. The van der Waals surface area contributed by atoms with Crippen LogP contribution in [0.25, 0.3) is 0 Å². The van der Waals surface area contributed by atoms with Crippen molar-refractivity contribution in [2.45, 2.75) is 161 Å². The van der Waals surface area contributed by atoms with Gasteiger partial charge in [-0.3, -0.25) is 62.3 Å². The van der Waals surface area contributed by atoms with Crippen molar-refractivity contribution in [2.75, 3.05) is 19.7 Å². The summed E-state index contributed by atoms with van der Waals surface area (Å²) >= 11 is 0. The van der Waals surface area contributed by atoms with Crippen LogP contribution in [0.1, 0.15) is 88.0 Å². The maximum atomic E-state index is 13.8. The number of aliphatic carboxylic acids is 2. The second kappa shape index (κ2) is 29.2. The van der Waals surface area contributed by atoms with Gasteiger partial charge in [-0.25, -0.2) is 0 Å². The number of rotatable bonds is 28. The first kappa shape index (κ1) is 62.0. The Bertz CT molecular complexity index is 1990. The van der Waals surface area contributed by atoms with E-state index >= 15 is 0 Å². The highest BCUT2D eigenvalue weighted by Gasteiger charge is 2.40. The number of hydrogen-bond acceptors (Lipinski definition) is 16. The van der Waals surface area contributed by atoms with Crippen molar-refractivity contribution in [1.82, 2.24) is 58.1 Å². The summed E-state index contributed by atoms with van der Waals surface area (Å²) < 4.78 is 0. The molecule has 1 aliphatic heterocycles. The highest BCUT2D eigenvalue weighted by molar-refractivity contribution is 5.99. The molecule has 400 valence electrons. The lowest BCUT2D eigenvalue weighted by Gasteiger charge is -2.31. The number of carbonyl (C=O) groups excluding carboxylic acids is 11. The number of aliphatic hydroxyl groups excluding tert-OH is 2. The number of nitrogens with one attached hydrogen (secondary N) is 10. The summed E-state index contributed by atoms with van der Waals surface area (Å²) in [6.07, 6.45) is -2.23. The van der Waals surface area contributed by atoms with Crippen molar-refractivity contribution in [3.63, 3.8) is 0 Å². The van der Waals surface area contributed by atoms with Crippen molar-refractivity contribution in [2.24, 2.45) is 11.7 Å². The number of nitrogens with zero attached hydrogens (tertiary/aromatic N) is 1. The van der Waals surface area contributed by atoms with Crippen LogP contribution in [-0.2, 0) is 62.3 Å². The number of amides is 11. The third-order valence-corrected chi connectivity index (χ3v) is 10.9. The Balaban J connectivity index is 2.83. The van der Waals surface area contributed by atoms with E-state index in [4.69, 9.17) is 10.8 Å². The Hall–Kier alpha value is -7.01. The molecule has 11 amide bonds. The molecular weight excluding hydrogens is 945 g/mol. The number of aliphatic hydroxyl groups is 2. The molecule has 1 saturated heterocycles. The van der Waals surface area contributed by atoms with E-state index in [1.165, 1.54) is 48.5 Å². The maximum Gasteiger partial charge on any atom is 0.325 e. The van der Waals surface area contributed by atoms with E-state index in [2.05, 4.69) is 53.2 Å². The molecule has 1 rings (SSSR count). The Morgan fingerprint density at radius 2 is 0.986 bits per heavy atom. The van der Waals surface area contributed by atoms with Gasteiger partial charge >= 0.3 is 11.9 Å². The quantitative estimate of drug-likeness (QED) is 0.0346. The Morgan fingerprint density at radius 1 is 0.563 bits per heavy atom. The van der Waals surface area contributed by atoms with Gasteiger partial charge in [-0.05, 0) is 73.6 Å². The smallest absolute Gasteiger partial charge is 0.325 e. The molecule has 1 aliphatic rings. The van der Waals surface area contributed by atoms with Crippen molar-refractivity contribution in [3.05, 3.63) is 0 Å². The topological polar surface area (TPSA) is 452 Å². The monoisotopic (exact) mass is 1010 g/mol. The first-order valence-corrected chi connectivity index (χ1v) is 22.7. The van der Waals surface area contributed by atoms with Gasteiger partial charge in [0.1, 0.15) is 60.4 Å². The van der Waals surface area contributed by atoms with Gasteiger partial charge in [0.05, 0.1) is 25.3 Å². The van der Waals surface area contributed by atoms with Gasteiger partial charge in [0.15, 0.2) is 0 Å². The normalized spacial score (nSPS) is 17.8. The zero-order valence-electron chi connectivity index (χ0n) is 41.1. The van der Waals surface area contributed by atoms with E-state index in [-0.39, 0.29) is 18.9 Å². The van der Waals surface area contributed by atoms with Crippen molar-refractivity contribution < 1.29 is 82.8 Å². The van der Waals surface area contributed by atoms with E-state index in [9.17, 15) is 77.6 Å². The number of carbonyl (C=O) groups is 13. The lowest BCUT2D eigenvalue weighted by Crippen LogP contribution is -2.61. The van der Waals surface area contributed by atoms with Crippen molar-refractivity contribution in [3.8, 4) is 0 Å². The fourth-order valence-corrected chi connectivity index (χ4v) is 6.36. The minimum absolute atomic E-state index is 0.0149. The Kier molecular flexibility index (Phi) is 25.5. The Morgan fingerprint density at radius 3 is 1.44 bits per heavy atom. The first-order valence-electron chi connectivity index (χ1n) is 22.7. The third-order valence-electron chi connectivity index (χ3n) is 10.9. The minimum atomic E-state index is -1.70. The highest BCUT2D eigenvalue weighted by Crippen LogP contribution is 2.20. The molecule has 0 unspecified atom stereocenters. The maximum absolute atomic E-state index is 13.8. The summed E-state index contributed by atoms with van der Waals surface area (Å²) in [4.78, 5) is 165. The molecule has 16 N–H and O–H groups in total. The lowest BCUT2D eigenvalue weighted by atomic mass is 10.0. The van der Waals surface area contributed by atoms with Crippen LogP contribution in [0.2, 0.25) is 0 Å². The van der Waals surface area contributed by atoms with Crippen LogP contribution < -0.4 is 58.9 Å². The summed E-state index contributed by atoms with van der Waals surface area (Å²) in [5.41, 5.74) is 5.83. The average Bonchev–Trinajstić information content (AvgIpc) is 3.79. The number of hydrogen-bond donors (Lipinski definition) is 15. The van der Waals surface area contributed by atoms with Crippen LogP contribution in [0.5, 0.6) is 0 Å². The summed E-state index contributed by atoms with van der Waals surface area (Å²) in [5, 5.41) is 61.5. The molecule has 1 fully saturated rings. The van der Waals surface area contributed by atoms with Gasteiger partial charge in [-0.1, -0.05) is 13.8 Å².